The third-order valence-corrected chi connectivity index (χ3v) is 3.07. The molecule has 1 heterocycles. The van der Waals surface area contributed by atoms with Gasteiger partial charge in [-0.05, 0) is 18.1 Å². The monoisotopic (exact) mass is 269 g/mol. The summed E-state index contributed by atoms with van der Waals surface area (Å²) in [4.78, 5) is 15.6. The fourth-order valence-corrected chi connectivity index (χ4v) is 2.01. The SMILES string of the molecule is CC(C)C(Nc1cc(C#N)c2ccccc2n1)C(=O)O. The summed E-state index contributed by atoms with van der Waals surface area (Å²) in [6, 6.07) is 10.2. The molecule has 0 radical (unpaired) electrons. The minimum absolute atomic E-state index is 0.0914. The van der Waals surface area contributed by atoms with E-state index in [0.717, 1.165) is 5.39 Å². The molecule has 0 saturated heterocycles. The number of benzene rings is 1. The first-order valence-corrected chi connectivity index (χ1v) is 6.32. The summed E-state index contributed by atoms with van der Waals surface area (Å²) in [5.41, 5.74) is 1.15. The van der Waals surface area contributed by atoms with Crippen molar-refractivity contribution in [1.29, 1.82) is 5.26 Å². The molecule has 1 aromatic carbocycles. The van der Waals surface area contributed by atoms with Crippen LogP contribution in [0.5, 0.6) is 0 Å². The van der Waals surface area contributed by atoms with Crippen LogP contribution >= 0.6 is 0 Å². The van der Waals surface area contributed by atoms with Gasteiger partial charge in [0.15, 0.2) is 0 Å². The number of anilines is 1. The summed E-state index contributed by atoms with van der Waals surface area (Å²) in [6.45, 7) is 3.63. The lowest BCUT2D eigenvalue weighted by Gasteiger charge is -2.18. The van der Waals surface area contributed by atoms with Gasteiger partial charge in [-0.3, -0.25) is 0 Å². The van der Waals surface area contributed by atoms with E-state index in [2.05, 4.69) is 16.4 Å². The Labute approximate surface area is 116 Å². The van der Waals surface area contributed by atoms with Gasteiger partial charge in [-0.1, -0.05) is 32.0 Å². The first kappa shape index (κ1) is 13.8. The van der Waals surface area contributed by atoms with Crippen LogP contribution in [0.15, 0.2) is 30.3 Å². The second kappa shape index (κ2) is 5.57. The Kier molecular flexibility index (Phi) is 3.85. The van der Waals surface area contributed by atoms with Crippen LogP contribution in [-0.4, -0.2) is 22.1 Å². The predicted octanol–water partition coefficient (Wildman–Crippen LogP) is 2.63. The van der Waals surface area contributed by atoms with Crippen molar-refractivity contribution in [1.82, 2.24) is 4.98 Å². The van der Waals surface area contributed by atoms with Crippen molar-refractivity contribution >= 4 is 22.7 Å². The molecule has 20 heavy (non-hydrogen) atoms. The van der Waals surface area contributed by atoms with Gasteiger partial charge in [-0.25, -0.2) is 9.78 Å². The van der Waals surface area contributed by atoms with Crippen LogP contribution in [0.3, 0.4) is 0 Å². The molecule has 0 fully saturated rings. The zero-order chi connectivity index (χ0) is 14.7. The van der Waals surface area contributed by atoms with Crippen molar-refractivity contribution in [3.05, 3.63) is 35.9 Å². The minimum atomic E-state index is -0.937. The third-order valence-electron chi connectivity index (χ3n) is 3.07. The van der Waals surface area contributed by atoms with Crippen molar-refractivity contribution in [3.63, 3.8) is 0 Å². The smallest absolute Gasteiger partial charge is 0.326 e. The van der Waals surface area contributed by atoms with Gasteiger partial charge in [-0.15, -0.1) is 0 Å². The normalized spacial score (nSPS) is 12.1. The molecule has 0 spiro atoms. The topological polar surface area (TPSA) is 86.0 Å². The molecule has 0 aliphatic rings. The van der Waals surface area contributed by atoms with Gasteiger partial charge in [-0.2, -0.15) is 5.26 Å². The minimum Gasteiger partial charge on any atom is -0.480 e. The fourth-order valence-electron chi connectivity index (χ4n) is 2.01. The maximum Gasteiger partial charge on any atom is 0.326 e. The first-order valence-electron chi connectivity index (χ1n) is 6.32. The molecule has 1 aromatic heterocycles. The van der Waals surface area contributed by atoms with E-state index < -0.39 is 12.0 Å². The van der Waals surface area contributed by atoms with Crippen LogP contribution in [0.2, 0.25) is 0 Å². The highest BCUT2D eigenvalue weighted by atomic mass is 16.4. The number of hydrogen-bond acceptors (Lipinski definition) is 4. The second-order valence-electron chi connectivity index (χ2n) is 4.89. The average Bonchev–Trinajstić information content (AvgIpc) is 2.43. The van der Waals surface area contributed by atoms with Crippen LogP contribution in [0, 0.1) is 17.2 Å². The van der Waals surface area contributed by atoms with E-state index in [0.29, 0.717) is 16.9 Å². The van der Waals surface area contributed by atoms with E-state index in [1.165, 1.54) is 0 Å². The number of nitriles is 1. The number of carbonyl (C=O) groups is 1. The number of rotatable bonds is 4. The quantitative estimate of drug-likeness (QED) is 0.891. The van der Waals surface area contributed by atoms with Crippen molar-refractivity contribution in [2.24, 2.45) is 5.92 Å². The Hall–Kier alpha value is -2.61. The summed E-state index contributed by atoms with van der Waals surface area (Å²) in [5, 5.41) is 22.0. The Balaban J connectivity index is 2.45. The number of aromatic nitrogens is 1. The standard InChI is InChI=1S/C15H15N3O2/c1-9(2)14(15(19)20)18-13-7-10(8-16)11-5-3-4-6-12(11)17-13/h3-7,9,14H,1-2H3,(H,17,18)(H,19,20). The number of nitrogens with zero attached hydrogens (tertiary/aromatic N) is 2. The number of carboxylic acid groups (broad SMARTS) is 1. The predicted molar refractivity (Wildman–Crippen MR) is 76.3 cm³/mol. The van der Waals surface area contributed by atoms with Gasteiger partial charge in [0.1, 0.15) is 11.9 Å². The molecule has 102 valence electrons. The molecular formula is C15H15N3O2. The first-order chi connectivity index (χ1) is 9.52. The molecule has 0 saturated carbocycles. The van der Waals surface area contributed by atoms with Crippen LogP contribution < -0.4 is 5.32 Å². The molecule has 0 aliphatic heterocycles. The van der Waals surface area contributed by atoms with E-state index in [1.54, 1.807) is 12.1 Å². The van der Waals surface area contributed by atoms with Crippen molar-refractivity contribution in [2.75, 3.05) is 5.32 Å². The summed E-state index contributed by atoms with van der Waals surface area (Å²) in [5.74, 6) is -0.624. The Morgan fingerprint density at radius 1 is 1.40 bits per heavy atom. The lowest BCUT2D eigenvalue weighted by atomic mass is 10.0. The maximum atomic E-state index is 11.2. The van der Waals surface area contributed by atoms with Crippen molar-refractivity contribution in [3.8, 4) is 6.07 Å². The molecular weight excluding hydrogens is 254 g/mol. The lowest BCUT2D eigenvalue weighted by molar-refractivity contribution is -0.138. The molecule has 2 aromatic rings. The molecule has 2 N–H and O–H groups in total. The van der Waals surface area contributed by atoms with E-state index in [9.17, 15) is 15.2 Å². The van der Waals surface area contributed by atoms with Crippen LogP contribution in [-0.2, 0) is 4.79 Å². The second-order valence-corrected chi connectivity index (χ2v) is 4.89. The van der Waals surface area contributed by atoms with Gasteiger partial charge in [0, 0.05) is 5.39 Å². The van der Waals surface area contributed by atoms with Gasteiger partial charge in [0.2, 0.25) is 0 Å². The van der Waals surface area contributed by atoms with Crippen molar-refractivity contribution in [2.45, 2.75) is 19.9 Å². The lowest BCUT2D eigenvalue weighted by Crippen LogP contribution is -2.34. The van der Waals surface area contributed by atoms with Crippen LogP contribution in [0.1, 0.15) is 19.4 Å². The number of para-hydroxylation sites is 1. The van der Waals surface area contributed by atoms with E-state index in [4.69, 9.17) is 0 Å². The van der Waals surface area contributed by atoms with Crippen LogP contribution in [0.4, 0.5) is 5.82 Å². The Morgan fingerprint density at radius 2 is 2.10 bits per heavy atom. The summed E-state index contributed by atoms with van der Waals surface area (Å²) >= 11 is 0. The molecule has 0 bridgehead atoms. The number of carboxylic acids is 1. The molecule has 0 amide bonds. The van der Waals surface area contributed by atoms with Gasteiger partial charge >= 0.3 is 5.97 Å². The zero-order valence-electron chi connectivity index (χ0n) is 11.3. The van der Waals surface area contributed by atoms with Crippen LogP contribution in [0.25, 0.3) is 10.9 Å². The molecule has 1 unspecified atom stereocenters. The highest BCUT2D eigenvalue weighted by Gasteiger charge is 2.22. The number of hydrogen-bond donors (Lipinski definition) is 2. The molecule has 1 atom stereocenters. The number of aliphatic carboxylic acids is 1. The van der Waals surface area contributed by atoms with Gasteiger partial charge < -0.3 is 10.4 Å². The van der Waals surface area contributed by atoms with Gasteiger partial charge in [0.25, 0.3) is 0 Å². The Bertz CT molecular complexity index is 689. The van der Waals surface area contributed by atoms with E-state index in [1.807, 2.05) is 32.0 Å². The summed E-state index contributed by atoms with van der Waals surface area (Å²) < 4.78 is 0. The zero-order valence-corrected chi connectivity index (χ0v) is 11.3. The number of nitrogens with one attached hydrogen (secondary N) is 1. The fraction of sp³-hybridized carbons (Fsp3) is 0.267. The third kappa shape index (κ3) is 2.69. The number of pyridine rings is 1. The molecule has 5 heteroatoms. The summed E-state index contributed by atoms with van der Waals surface area (Å²) in [6.07, 6.45) is 0. The largest absolute Gasteiger partial charge is 0.480 e. The molecule has 2 rings (SSSR count). The highest BCUT2D eigenvalue weighted by molar-refractivity contribution is 5.87. The Morgan fingerprint density at radius 3 is 2.70 bits per heavy atom. The molecule has 5 nitrogen and oxygen atoms in total. The highest BCUT2D eigenvalue weighted by Crippen LogP contribution is 2.21. The molecule has 0 aliphatic carbocycles. The summed E-state index contributed by atoms with van der Waals surface area (Å²) in [7, 11) is 0. The maximum absolute atomic E-state index is 11.2. The van der Waals surface area contributed by atoms with E-state index >= 15 is 0 Å². The van der Waals surface area contributed by atoms with Crippen molar-refractivity contribution < 1.29 is 9.90 Å². The number of fused-ring (bicyclic) bond motifs is 1. The van der Waals surface area contributed by atoms with Gasteiger partial charge in [0.05, 0.1) is 17.1 Å². The van der Waals surface area contributed by atoms with E-state index in [-0.39, 0.29) is 5.92 Å². The average molecular weight is 269 g/mol.